The van der Waals surface area contributed by atoms with Crippen LogP contribution < -0.4 is 0 Å². The summed E-state index contributed by atoms with van der Waals surface area (Å²) in [6, 6.07) is 0. The SMILES string of the molecule is O=[S+]C(O)C(=O)O.[KH].[KH]. The summed E-state index contributed by atoms with van der Waals surface area (Å²) >= 11 is -0.361. The average molecular weight is 203 g/mol. The Morgan fingerprint density at radius 2 is 1.78 bits per heavy atom. The molecule has 0 amide bonds. The summed E-state index contributed by atoms with van der Waals surface area (Å²) < 4.78 is 9.36. The topological polar surface area (TPSA) is 74.6 Å². The number of aliphatic hydroxyl groups excluding tert-OH is 1. The Morgan fingerprint density at radius 3 is 1.78 bits per heavy atom. The van der Waals surface area contributed by atoms with Gasteiger partial charge in [0.05, 0.1) is 0 Å². The second-order valence-electron chi connectivity index (χ2n) is 0.787. The second-order valence-corrected chi connectivity index (χ2v) is 1.43. The van der Waals surface area contributed by atoms with Crippen molar-refractivity contribution in [2.24, 2.45) is 0 Å². The number of carboxylic acid groups (broad SMARTS) is 1. The van der Waals surface area contributed by atoms with Crippen LogP contribution in [0, 0.1) is 0 Å². The predicted octanol–water partition coefficient (Wildman–Crippen LogP) is -2.48. The van der Waals surface area contributed by atoms with Crippen molar-refractivity contribution in [1.82, 2.24) is 0 Å². The number of rotatable bonds is 2. The molecule has 4 nitrogen and oxygen atoms in total. The van der Waals surface area contributed by atoms with E-state index in [1.54, 1.807) is 0 Å². The molecular formula is C2H5K2O4S+. The average Bonchev–Trinajstić information content (AvgIpc) is 1.65. The molecule has 0 spiro atoms. The van der Waals surface area contributed by atoms with Gasteiger partial charge in [-0.2, -0.15) is 0 Å². The first kappa shape index (κ1) is 17.7. The Kier molecular flexibility index (Phi) is 21.1. The van der Waals surface area contributed by atoms with Crippen molar-refractivity contribution in [3.63, 3.8) is 0 Å². The first-order valence-electron chi connectivity index (χ1n) is 1.38. The van der Waals surface area contributed by atoms with Gasteiger partial charge in [-0.1, -0.05) is 0 Å². The van der Waals surface area contributed by atoms with Crippen molar-refractivity contribution in [2.45, 2.75) is 5.44 Å². The van der Waals surface area contributed by atoms with Crippen LogP contribution in [0.15, 0.2) is 0 Å². The standard InChI is InChI=1S/C2H2O4S.2K.2H/c3-1(4)2(5)7-6;;;;/h2,5H;;;;/p+1. The summed E-state index contributed by atoms with van der Waals surface area (Å²) in [5, 5.41) is 15.7. The van der Waals surface area contributed by atoms with Crippen LogP contribution in [0.5, 0.6) is 0 Å². The van der Waals surface area contributed by atoms with E-state index in [4.69, 9.17) is 10.2 Å². The Bertz CT molecular complexity index is 96.6. The van der Waals surface area contributed by atoms with E-state index in [-0.39, 0.29) is 114 Å². The molecule has 44 valence electrons. The summed E-state index contributed by atoms with van der Waals surface area (Å²) in [5.74, 6) is -1.50. The van der Waals surface area contributed by atoms with Crippen LogP contribution in [0.25, 0.3) is 0 Å². The van der Waals surface area contributed by atoms with Crippen molar-refractivity contribution < 1.29 is 19.2 Å². The van der Waals surface area contributed by atoms with E-state index in [2.05, 4.69) is 0 Å². The predicted molar refractivity (Wildman–Crippen MR) is 36.0 cm³/mol. The Morgan fingerprint density at radius 1 is 1.44 bits per heavy atom. The molecule has 0 radical (unpaired) electrons. The first-order chi connectivity index (χ1) is 3.18. The molecule has 0 aromatic rings. The Balaban J connectivity index is -0.000000180. The van der Waals surface area contributed by atoms with Crippen LogP contribution in [-0.2, 0) is 20.7 Å². The van der Waals surface area contributed by atoms with Crippen LogP contribution in [-0.4, -0.2) is 124 Å². The van der Waals surface area contributed by atoms with Gasteiger partial charge in [0.15, 0.2) is 0 Å². The number of carboxylic acids is 1. The molecule has 0 saturated heterocycles. The zero-order chi connectivity index (χ0) is 5.86. The molecule has 0 fully saturated rings. The van der Waals surface area contributed by atoms with Gasteiger partial charge >= 0.3 is 126 Å². The minimum absolute atomic E-state index is 0. The van der Waals surface area contributed by atoms with E-state index in [1.165, 1.54) is 0 Å². The number of aliphatic carboxylic acids is 1. The summed E-state index contributed by atoms with van der Waals surface area (Å²) in [4.78, 5) is 9.46. The summed E-state index contributed by atoms with van der Waals surface area (Å²) in [6.45, 7) is 0. The first-order valence-corrected chi connectivity index (χ1v) is 2.18. The molecule has 1 atom stereocenters. The minimum atomic E-state index is -1.82. The normalized spacial score (nSPS) is 9.89. The van der Waals surface area contributed by atoms with E-state index >= 15 is 0 Å². The van der Waals surface area contributed by atoms with Gasteiger partial charge in [0, 0.05) is 4.21 Å². The fourth-order valence-corrected chi connectivity index (χ4v) is 0.123. The van der Waals surface area contributed by atoms with Crippen molar-refractivity contribution in [3.8, 4) is 0 Å². The molecule has 0 aromatic heterocycles. The third-order valence-electron chi connectivity index (χ3n) is 0.302. The van der Waals surface area contributed by atoms with E-state index in [0.29, 0.717) is 0 Å². The molecule has 0 aliphatic rings. The molecule has 0 rings (SSSR count). The van der Waals surface area contributed by atoms with Gasteiger partial charge < -0.3 is 10.2 Å². The molecule has 0 bridgehead atoms. The van der Waals surface area contributed by atoms with E-state index < -0.39 is 11.4 Å². The maximum absolute atomic E-state index is 9.46. The molecule has 0 aromatic carbocycles. The quantitative estimate of drug-likeness (QED) is 0.296. The van der Waals surface area contributed by atoms with E-state index in [1.807, 2.05) is 0 Å². The molecule has 9 heavy (non-hydrogen) atoms. The number of hydrogen-bond donors (Lipinski definition) is 2. The summed E-state index contributed by atoms with van der Waals surface area (Å²) in [6.07, 6.45) is 0. The Labute approximate surface area is 141 Å². The van der Waals surface area contributed by atoms with Gasteiger partial charge in [-0.25, -0.2) is 4.79 Å². The zero-order valence-corrected chi connectivity index (χ0v) is 4.01. The molecule has 0 aliphatic heterocycles. The van der Waals surface area contributed by atoms with Crippen molar-refractivity contribution in [1.29, 1.82) is 0 Å². The van der Waals surface area contributed by atoms with Gasteiger partial charge in [0.1, 0.15) is 0 Å². The van der Waals surface area contributed by atoms with Crippen LogP contribution in [0.1, 0.15) is 0 Å². The van der Waals surface area contributed by atoms with Gasteiger partial charge in [0.25, 0.3) is 0 Å². The molecule has 1 unspecified atom stereocenters. The third kappa shape index (κ3) is 10.7. The summed E-state index contributed by atoms with van der Waals surface area (Å²) in [5.41, 5.74) is -1.82. The van der Waals surface area contributed by atoms with Gasteiger partial charge in [0.2, 0.25) is 0 Å². The summed E-state index contributed by atoms with van der Waals surface area (Å²) in [7, 11) is 0. The second kappa shape index (κ2) is 10.7. The molecule has 0 saturated carbocycles. The Hall–Kier alpha value is 2.72. The van der Waals surface area contributed by atoms with Gasteiger partial charge in [-0.15, -0.1) is 0 Å². The van der Waals surface area contributed by atoms with Crippen LogP contribution in [0.2, 0.25) is 0 Å². The van der Waals surface area contributed by atoms with Gasteiger partial charge in [-0.05, 0) is 0 Å². The van der Waals surface area contributed by atoms with Crippen LogP contribution in [0.4, 0.5) is 0 Å². The van der Waals surface area contributed by atoms with E-state index in [0.717, 1.165) is 0 Å². The molecule has 0 heterocycles. The molecule has 2 N–H and O–H groups in total. The third-order valence-corrected chi connectivity index (χ3v) is 0.686. The number of carbonyl (C=O) groups is 1. The fraction of sp³-hybridized carbons (Fsp3) is 0.500. The monoisotopic (exact) mass is 203 g/mol. The fourth-order valence-electron chi connectivity index (χ4n) is 0.0412. The van der Waals surface area contributed by atoms with Crippen LogP contribution >= 0.6 is 0 Å². The van der Waals surface area contributed by atoms with Crippen molar-refractivity contribution in [2.75, 3.05) is 0 Å². The zero-order valence-electron chi connectivity index (χ0n) is 3.20. The van der Waals surface area contributed by atoms with Crippen molar-refractivity contribution >= 4 is 120 Å². The number of hydrogen-bond acceptors (Lipinski definition) is 3. The molecule has 0 aliphatic carbocycles. The van der Waals surface area contributed by atoms with Crippen LogP contribution in [0.3, 0.4) is 0 Å². The van der Waals surface area contributed by atoms with E-state index in [9.17, 15) is 9.00 Å². The number of aliphatic hydroxyl groups is 1. The molecular weight excluding hydrogens is 198 g/mol. The van der Waals surface area contributed by atoms with Gasteiger partial charge in [-0.3, -0.25) is 0 Å². The molecule has 7 heteroatoms. The van der Waals surface area contributed by atoms with Crippen molar-refractivity contribution in [3.05, 3.63) is 0 Å². The maximum atomic E-state index is 9.46.